The molecule has 0 N–H and O–H groups in total. The molecule has 0 unspecified atom stereocenters. The molecule has 25 heavy (non-hydrogen) atoms. The molecule has 1 amide bonds. The Kier molecular flexibility index (Phi) is 5.63. The van der Waals surface area contributed by atoms with Crippen molar-refractivity contribution in [1.82, 2.24) is 4.57 Å². The number of ether oxygens (including phenoxy) is 1. The molecule has 1 fully saturated rings. The maximum atomic E-state index is 13.5. The van der Waals surface area contributed by atoms with Crippen molar-refractivity contribution in [2.24, 2.45) is 10.9 Å². The van der Waals surface area contributed by atoms with Crippen LogP contribution in [0.15, 0.2) is 23.2 Å². The van der Waals surface area contributed by atoms with Crippen molar-refractivity contribution in [3.63, 3.8) is 0 Å². The monoisotopic (exact) mass is 364 g/mol. The third-order valence-electron chi connectivity index (χ3n) is 4.40. The maximum absolute atomic E-state index is 13.5. The van der Waals surface area contributed by atoms with Crippen molar-refractivity contribution in [2.45, 2.75) is 45.6 Å². The molecule has 1 heterocycles. The summed E-state index contributed by atoms with van der Waals surface area (Å²) >= 11 is 1.22. The molecule has 1 aliphatic rings. The van der Waals surface area contributed by atoms with Crippen LogP contribution in [0.2, 0.25) is 0 Å². The minimum atomic E-state index is -0.405. The topological polar surface area (TPSA) is 60.7 Å². The van der Waals surface area contributed by atoms with Crippen molar-refractivity contribution in [3.8, 4) is 0 Å². The molecule has 0 bridgehead atoms. The Morgan fingerprint density at radius 1 is 1.32 bits per heavy atom. The molecule has 0 saturated heterocycles. The number of fused-ring (bicyclic) bond motifs is 1. The quantitative estimate of drug-likeness (QED) is 0.781. The van der Waals surface area contributed by atoms with Crippen LogP contribution in [-0.4, -0.2) is 23.1 Å². The lowest BCUT2D eigenvalue weighted by Gasteiger charge is -2.17. The predicted molar refractivity (Wildman–Crippen MR) is 93.6 cm³/mol. The molecule has 1 saturated carbocycles. The van der Waals surface area contributed by atoms with E-state index in [1.165, 1.54) is 23.5 Å². The molecule has 5 nitrogen and oxygen atoms in total. The van der Waals surface area contributed by atoms with Gasteiger partial charge in [0.25, 0.3) is 5.91 Å². The first-order valence-electron chi connectivity index (χ1n) is 8.61. The van der Waals surface area contributed by atoms with Crippen LogP contribution in [0.25, 0.3) is 10.2 Å². The molecule has 0 spiro atoms. The van der Waals surface area contributed by atoms with E-state index < -0.39 is 5.97 Å². The van der Waals surface area contributed by atoms with E-state index in [9.17, 15) is 14.0 Å². The van der Waals surface area contributed by atoms with Crippen molar-refractivity contribution >= 4 is 33.4 Å². The van der Waals surface area contributed by atoms with Gasteiger partial charge in [0.1, 0.15) is 12.4 Å². The van der Waals surface area contributed by atoms with Gasteiger partial charge in [0.2, 0.25) is 0 Å². The number of benzene rings is 1. The van der Waals surface area contributed by atoms with E-state index in [1.54, 1.807) is 17.6 Å². The summed E-state index contributed by atoms with van der Waals surface area (Å²) in [5.74, 6) is -0.962. The smallest absolute Gasteiger partial charge is 0.326 e. The molecule has 0 radical (unpaired) electrons. The summed E-state index contributed by atoms with van der Waals surface area (Å²) in [6.07, 6.45) is 4.98. The second kappa shape index (κ2) is 7.91. The number of hydrogen-bond donors (Lipinski definition) is 0. The van der Waals surface area contributed by atoms with Gasteiger partial charge in [-0.3, -0.25) is 9.59 Å². The number of esters is 1. The van der Waals surface area contributed by atoms with Gasteiger partial charge in [-0.1, -0.05) is 30.6 Å². The first-order chi connectivity index (χ1) is 12.1. The molecular weight excluding hydrogens is 343 g/mol. The van der Waals surface area contributed by atoms with Crippen LogP contribution in [0.3, 0.4) is 0 Å². The number of carbonyl (C=O) groups excluding carboxylic acids is 2. The molecule has 3 rings (SSSR count). The highest BCUT2D eigenvalue weighted by Crippen LogP contribution is 2.25. The Bertz CT molecular complexity index is 850. The van der Waals surface area contributed by atoms with Crippen LogP contribution in [0.1, 0.15) is 39.0 Å². The zero-order valence-corrected chi connectivity index (χ0v) is 15.0. The summed E-state index contributed by atoms with van der Waals surface area (Å²) in [7, 11) is 0. The van der Waals surface area contributed by atoms with E-state index in [4.69, 9.17) is 4.74 Å². The van der Waals surface area contributed by atoms with Crippen molar-refractivity contribution < 1.29 is 18.7 Å². The first-order valence-corrected chi connectivity index (χ1v) is 9.43. The Morgan fingerprint density at radius 2 is 2.08 bits per heavy atom. The molecule has 134 valence electrons. The van der Waals surface area contributed by atoms with E-state index in [-0.39, 0.29) is 30.8 Å². The molecule has 2 aromatic rings. The highest BCUT2D eigenvalue weighted by Gasteiger charge is 2.21. The Hall–Kier alpha value is -2.02. The van der Waals surface area contributed by atoms with Gasteiger partial charge in [0, 0.05) is 5.92 Å². The van der Waals surface area contributed by atoms with Crippen molar-refractivity contribution in [1.29, 1.82) is 0 Å². The van der Waals surface area contributed by atoms with Crippen molar-refractivity contribution in [3.05, 3.63) is 28.8 Å². The summed E-state index contributed by atoms with van der Waals surface area (Å²) in [6.45, 7) is 1.97. The van der Waals surface area contributed by atoms with Crippen LogP contribution in [0.4, 0.5) is 4.39 Å². The summed E-state index contributed by atoms with van der Waals surface area (Å²) in [5, 5.41) is 0. The fourth-order valence-electron chi connectivity index (χ4n) is 3.16. The second-order valence-corrected chi connectivity index (χ2v) is 7.18. The number of hydrogen-bond acceptors (Lipinski definition) is 4. The Balaban J connectivity index is 2.01. The third-order valence-corrected chi connectivity index (χ3v) is 5.44. The molecule has 0 atom stereocenters. The van der Waals surface area contributed by atoms with Crippen LogP contribution in [0.5, 0.6) is 0 Å². The van der Waals surface area contributed by atoms with Crippen LogP contribution < -0.4 is 4.80 Å². The number of amides is 1. The SMILES string of the molecule is CCOC(=O)Cn1c(=NC(=O)C2CCCCC2)sc2cc(F)ccc21. The number of carbonyl (C=O) groups is 2. The van der Waals surface area contributed by atoms with Crippen molar-refractivity contribution in [2.75, 3.05) is 6.61 Å². The lowest BCUT2D eigenvalue weighted by atomic mass is 9.89. The second-order valence-electron chi connectivity index (χ2n) is 6.17. The fraction of sp³-hybridized carbons (Fsp3) is 0.500. The standard InChI is InChI=1S/C18H21FN2O3S/c1-2-24-16(22)11-21-14-9-8-13(19)10-15(14)25-18(21)20-17(23)12-6-4-3-5-7-12/h8-10,12H,2-7,11H2,1H3. The summed E-state index contributed by atoms with van der Waals surface area (Å²) in [6, 6.07) is 4.33. The molecule has 1 aromatic heterocycles. The molecular formula is C18H21FN2O3S. The van der Waals surface area contributed by atoms with E-state index >= 15 is 0 Å². The molecule has 0 aliphatic heterocycles. The van der Waals surface area contributed by atoms with Gasteiger partial charge < -0.3 is 9.30 Å². The van der Waals surface area contributed by atoms with Gasteiger partial charge >= 0.3 is 5.97 Å². The average molecular weight is 364 g/mol. The summed E-state index contributed by atoms with van der Waals surface area (Å²) < 4.78 is 20.8. The zero-order valence-electron chi connectivity index (χ0n) is 14.2. The van der Waals surface area contributed by atoms with E-state index in [0.717, 1.165) is 32.1 Å². The van der Waals surface area contributed by atoms with Gasteiger partial charge in [-0.05, 0) is 38.0 Å². The normalized spacial score (nSPS) is 16.3. The van der Waals surface area contributed by atoms with Gasteiger partial charge in [-0.2, -0.15) is 4.99 Å². The number of halogens is 1. The van der Waals surface area contributed by atoms with Gasteiger partial charge in [-0.15, -0.1) is 0 Å². The molecule has 1 aromatic carbocycles. The van der Waals surface area contributed by atoms with E-state index in [0.29, 0.717) is 15.0 Å². The fourth-order valence-corrected chi connectivity index (χ4v) is 4.22. The summed E-state index contributed by atoms with van der Waals surface area (Å²) in [5.41, 5.74) is 0.676. The van der Waals surface area contributed by atoms with E-state index in [1.807, 2.05) is 0 Å². The number of thiazole rings is 1. The van der Waals surface area contributed by atoms with Gasteiger partial charge in [-0.25, -0.2) is 4.39 Å². The first kappa shape index (κ1) is 17.8. The van der Waals surface area contributed by atoms with Gasteiger partial charge in [0.15, 0.2) is 4.80 Å². The minimum Gasteiger partial charge on any atom is -0.465 e. The highest BCUT2D eigenvalue weighted by molar-refractivity contribution is 7.16. The largest absolute Gasteiger partial charge is 0.465 e. The van der Waals surface area contributed by atoms with Crippen LogP contribution in [0, 0.1) is 11.7 Å². The van der Waals surface area contributed by atoms with Crippen LogP contribution >= 0.6 is 11.3 Å². The average Bonchev–Trinajstić information content (AvgIpc) is 2.92. The number of aromatic nitrogens is 1. The predicted octanol–water partition coefficient (Wildman–Crippen LogP) is 3.41. The number of nitrogens with zero attached hydrogens (tertiary/aromatic N) is 2. The minimum absolute atomic E-state index is 0.0454. The Morgan fingerprint density at radius 3 is 2.80 bits per heavy atom. The molecule has 1 aliphatic carbocycles. The lowest BCUT2D eigenvalue weighted by molar-refractivity contribution is -0.143. The maximum Gasteiger partial charge on any atom is 0.326 e. The lowest BCUT2D eigenvalue weighted by Crippen LogP contribution is -2.25. The van der Waals surface area contributed by atoms with Gasteiger partial charge in [0.05, 0.1) is 16.8 Å². The molecule has 7 heteroatoms. The summed E-state index contributed by atoms with van der Waals surface area (Å²) in [4.78, 5) is 29.1. The number of rotatable bonds is 4. The van der Waals surface area contributed by atoms with Crippen LogP contribution in [-0.2, 0) is 20.9 Å². The Labute approximate surface area is 149 Å². The van der Waals surface area contributed by atoms with E-state index in [2.05, 4.69) is 4.99 Å². The highest BCUT2D eigenvalue weighted by atomic mass is 32.1. The third kappa shape index (κ3) is 4.15. The zero-order chi connectivity index (χ0) is 17.8.